The fourth-order valence-electron chi connectivity index (χ4n) is 4.68. The first-order valence-corrected chi connectivity index (χ1v) is 11.4. The number of carbonyl (C=O) groups excluding carboxylic acids is 1. The summed E-state index contributed by atoms with van der Waals surface area (Å²) >= 11 is 0. The summed E-state index contributed by atoms with van der Waals surface area (Å²) in [5, 5.41) is 8.61. The van der Waals surface area contributed by atoms with Gasteiger partial charge >= 0.3 is 0 Å². The maximum Gasteiger partial charge on any atom is 0.257 e. The molecule has 1 amide bonds. The van der Waals surface area contributed by atoms with Crippen LogP contribution in [0.1, 0.15) is 49.9 Å². The first-order chi connectivity index (χ1) is 15.5. The molecule has 32 heavy (non-hydrogen) atoms. The number of halogens is 1. The number of aromatic nitrogens is 4. The largest absolute Gasteiger partial charge is 0.343 e. The lowest BCUT2D eigenvalue weighted by Gasteiger charge is -2.40. The van der Waals surface area contributed by atoms with E-state index < -0.39 is 0 Å². The van der Waals surface area contributed by atoms with Crippen LogP contribution in [0.4, 0.5) is 4.39 Å². The highest BCUT2D eigenvalue weighted by atomic mass is 19.1. The van der Waals surface area contributed by atoms with Gasteiger partial charge in [-0.3, -0.25) is 9.48 Å². The summed E-state index contributed by atoms with van der Waals surface area (Å²) in [6, 6.07) is 6.10. The molecule has 1 aliphatic heterocycles. The number of hydrogen-bond donors (Lipinski definition) is 0. The minimum absolute atomic E-state index is 0.165. The molecule has 2 aromatic heterocycles. The van der Waals surface area contributed by atoms with Gasteiger partial charge in [-0.25, -0.2) is 4.39 Å². The van der Waals surface area contributed by atoms with Crippen molar-refractivity contribution in [3.8, 4) is 11.5 Å². The number of likely N-dealkylation sites (tertiary alicyclic amines) is 1. The van der Waals surface area contributed by atoms with E-state index in [1.165, 1.54) is 25.0 Å². The van der Waals surface area contributed by atoms with Crippen molar-refractivity contribution in [2.75, 3.05) is 13.1 Å². The van der Waals surface area contributed by atoms with Crippen molar-refractivity contribution in [3.05, 3.63) is 53.9 Å². The first-order valence-electron chi connectivity index (χ1n) is 11.4. The van der Waals surface area contributed by atoms with Crippen LogP contribution in [0.2, 0.25) is 0 Å². The topological polar surface area (TPSA) is 77.0 Å². The SMILES string of the molecule is Cc1cnn(CCC(=O)N2CCC(CC3CC3)(c3noc(-c4ccc(F)cc4)n3)CC2)c1. The average Bonchev–Trinajstić information content (AvgIpc) is 3.29. The smallest absolute Gasteiger partial charge is 0.257 e. The molecule has 0 atom stereocenters. The van der Waals surface area contributed by atoms with E-state index in [0.29, 0.717) is 43.4 Å². The van der Waals surface area contributed by atoms with Crippen molar-refractivity contribution < 1.29 is 13.7 Å². The van der Waals surface area contributed by atoms with Crippen LogP contribution in [-0.2, 0) is 16.8 Å². The highest BCUT2D eigenvalue weighted by Gasteiger charge is 2.44. The number of rotatable bonds is 7. The van der Waals surface area contributed by atoms with Gasteiger partial charge in [-0.15, -0.1) is 0 Å². The monoisotopic (exact) mass is 437 g/mol. The molecule has 2 aliphatic rings. The molecule has 0 unspecified atom stereocenters. The molecule has 7 nitrogen and oxygen atoms in total. The lowest BCUT2D eigenvalue weighted by atomic mass is 9.73. The molecule has 1 saturated carbocycles. The van der Waals surface area contributed by atoms with Gasteiger partial charge in [0.25, 0.3) is 5.89 Å². The van der Waals surface area contributed by atoms with E-state index in [9.17, 15) is 9.18 Å². The van der Waals surface area contributed by atoms with Crippen molar-refractivity contribution in [3.63, 3.8) is 0 Å². The standard InChI is InChI=1S/C24H28FN5O2/c1-17-15-26-30(16-17)11-8-21(31)29-12-9-24(10-13-29,14-18-2-3-18)23-27-22(32-28-23)19-4-6-20(25)7-5-19/h4-7,15-16,18H,2-3,8-14H2,1H3. The van der Waals surface area contributed by atoms with E-state index in [1.54, 1.807) is 12.1 Å². The molecule has 5 rings (SSSR count). The van der Waals surface area contributed by atoms with E-state index in [4.69, 9.17) is 9.51 Å². The minimum Gasteiger partial charge on any atom is -0.343 e. The zero-order valence-corrected chi connectivity index (χ0v) is 18.3. The number of nitrogens with zero attached hydrogens (tertiary/aromatic N) is 5. The van der Waals surface area contributed by atoms with Crippen molar-refractivity contribution in [2.45, 2.75) is 57.4 Å². The van der Waals surface area contributed by atoms with Crippen LogP contribution in [0, 0.1) is 18.7 Å². The number of carbonyl (C=O) groups is 1. The lowest BCUT2D eigenvalue weighted by molar-refractivity contribution is -0.133. The number of hydrogen-bond acceptors (Lipinski definition) is 5. The third-order valence-corrected chi connectivity index (χ3v) is 6.76. The third-order valence-electron chi connectivity index (χ3n) is 6.76. The quantitative estimate of drug-likeness (QED) is 0.555. The summed E-state index contributed by atoms with van der Waals surface area (Å²) in [4.78, 5) is 19.5. The van der Waals surface area contributed by atoms with E-state index in [2.05, 4.69) is 10.3 Å². The Morgan fingerprint density at radius 1 is 1.22 bits per heavy atom. The molecule has 2 fully saturated rings. The van der Waals surface area contributed by atoms with E-state index >= 15 is 0 Å². The van der Waals surface area contributed by atoms with Gasteiger partial charge in [0.15, 0.2) is 5.82 Å². The van der Waals surface area contributed by atoms with Crippen LogP contribution in [0.5, 0.6) is 0 Å². The Bertz CT molecular complexity index is 1080. The van der Waals surface area contributed by atoms with Gasteiger partial charge in [-0.1, -0.05) is 18.0 Å². The van der Waals surface area contributed by atoms with Gasteiger partial charge in [-0.05, 0) is 61.9 Å². The molecule has 3 heterocycles. The number of benzene rings is 1. The Labute approximate surface area is 186 Å². The molecule has 0 N–H and O–H groups in total. The molecule has 8 heteroatoms. The Kier molecular flexibility index (Phi) is 5.53. The molecule has 1 aliphatic carbocycles. The number of amides is 1. The van der Waals surface area contributed by atoms with Crippen molar-refractivity contribution in [1.29, 1.82) is 0 Å². The van der Waals surface area contributed by atoms with Crippen LogP contribution in [-0.4, -0.2) is 43.8 Å². The normalized spacial score (nSPS) is 18.1. The molecular weight excluding hydrogens is 409 g/mol. The summed E-state index contributed by atoms with van der Waals surface area (Å²) in [5.74, 6) is 1.72. The Morgan fingerprint density at radius 2 is 1.97 bits per heavy atom. The predicted molar refractivity (Wildman–Crippen MR) is 116 cm³/mol. The van der Waals surface area contributed by atoms with Gasteiger partial charge in [0, 0.05) is 43.2 Å². The van der Waals surface area contributed by atoms with Crippen molar-refractivity contribution in [1.82, 2.24) is 24.8 Å². The van der Waals surface area contributed by atoms with Gasteiger partial charge in [-0.2, -0.15) is 10.1 Å². The van der Waals surface area contributed by atoms with Crippen LogP contribution in [0.15, 0.2) is 41.2 Å². The second kappa shape index (κ2) is 8.48. The van der Waals surface area contributed by atoms with Crippen LogP contribution < -0.4 is 0 Å². The summed E-state index contributed by atoms with van der Waals surface area (Å²) < 4.78 is 20.6. The minimum atomic E-state index is -0.293. The Morgan fingerprint density at radius 3 is 2.62 bits per heavy atom. The molecule has 3 aromatic rings. The van der Waals surface area contributed by atoms with E-state index in [-0.39, 0.29) is 17.1 Å². The van der Waals surface area contributed by atoms with Gasteiger partial charge in [0.05, 0.1) is 6.20 Å². The van der Waals surface area contributed by atoms with E-state index in [1.807, 2.05) is 28.9 Å². The zero-order valence-electron chi connectivity index (χ0n) is 18.3. The molecule has 168 valence electrons. The number of piperidine rings is 1. The summed E-state index contributed by atoms with van der Waals surface area (Å²) in [5.41, 5.74) is 1.65. The maximum absolute atomic E-state index is 13.3. The van der Waals surface area contributed by atoms with Crippen molar-refractivity contribution in [2.24, 2.45) is 5.92 Å². The average molecular weight is 438 g/mol. The predicted octanol–water partition coefficient (Wildman–Crippen LogP) is 4.13. The zero-order chi connectivity index (χ0) is 22.1. The Hall–Kier alpha value is -3.03. The fourth-order valence-corrected chi connectivity index (χ4v) is 4.68. The number of aryl methyl sites for hydroxylation is 2. The molecule has 0 radical (unpaired) electrons. The lowest BCUT2D eigenvalue weighted by Crippen LogP contribution is -2.46. The molecular formula is C24H28FN5O2. The van der Waals surface area contributed by atoms with Crippen LogP contribution in [0.25, 0.3) is 11.5 Å². The molecule has 1 saturated heterocycles. The second-order valence-corrected chi connectivity index (χ2v) is 9.27. The van der Waals surface area contributed by atoms with Crippen molar-refractivity contribution >= 4 is 5.91 Å². The molecule has 1 aromatic carbocycles. The summed E-state index contributed by atoms with van der Waals surface area (Å²) in [6.45, 7) is 3.99. The second-order valence-electron chi connectivity index (χ2n) is 9.27. The third kappa shape index (κ3) is 4.45. The fraction of sp³-hybridized carbons (Fsp3) is 0.500. The van der Waals surface area contributed by atoms with Crippen LogP contribution >= 0.6 is 0 Å². The molecule has 0 spiro atoms. The first kappa shape index (κ1) is 20.8. The van der Waals surface area contributed by atoms with Gasteiger partial charge in [0.2, 0.25) is 5.91 Å². The highest BCUT2D eigenvalue weighted by Crippen LogP contribution is 2.46. The van der Waals surface area contributed by atoms with Gasteiger partial charge in [0.1, 0.15) is 5.82 Å². The highest BCUT2D eigenvalue weighted by molar-refractivity contribution is 5.76. The van der Waals surface area contributed by atoms with Crippen LogP contribution in [0.3, 0.4) is 0 Å². The Balaban J connectivity index is 1.26. The maximum atomic E-state index is 13.3. The summed E-state index contributed by atoms with van der Waals surface area (Å²) in [7, 11) is 0. The van der Waals surface area contributed by atoms with Gasteiger partial charge < -0.3 is 9.42 Å². The summed E-state index contributed by atoms with van der Waals surface area (Å²) in [6.07, 6.45) is 9.41. The molecule has 0 bridgehead atoms. The van der Waals surface area contributed by atoms with E-state index in [0.717, 1.165) is 30.7 Å².